The zero-order chi connectivity index (χ0) is 74.3. The maximum Gasteiger partial charge on any atom is 0.496 e. The number of alkyl carbamates (subject to hydrolysis) is 2. The Kier molecular flexibility index (Phi) is 24.2. The summed E-state index contributed by atoms with van der Waals surface area (Å²) in [6, 6.07) is 46.4. The largest absolute Gasteiger partial charge is 0.496 e. The number of amides is 2. The van der Waals surface area contributed by atoms with Crippen LogP contribution in [0.3, 0.4) is 0 Å². The van der Waals surface area contributed by atoms with Crippen molar-refractivity contribution in [1.82, 2.24) is 10.6 Å². The number of benzene rings is 8. The molecule has 1 saturated heterocycles. The average molecular weight is 1670 g/mol. The predicted octanol–water partition coefficient (Wildman–Crippen LogP) is 19.6. The lowest BCUT2D eigenvalue weighted by atomic mass is 9.73. The number of nitrogens with one attached hydrogen (secondary N) is 2. The third-order valence-corrected chi connectivity index (χ3v) is 25.3. The number of ether oxygens (including phenoxy) is 2. The topological polar surface area (TPSA) is 147 Å². The van der Waals surface area contributed by atoms with Crippen LogP contribution in [0.25, 0.3) is 0 Å². The Morgan fingerprint density at radius 2 is 0.696 bits per heavy atom. The molecule has 8 aromatic carbocycles. The van der Waals surface area contributed by atoms with E-state index in [2.05, 4.69) is 82.7 Å². The zero-order valence-electron chi connectivity index (χ0n) is 58.7. The molecule has 0 saturated carbocycles. The van der Waals surface area contributed by atoms with Crippen LogP contribution in [0.15, 0.2) is 159 Å². The lowest BCUT2D eigenvalue weighted by Crippen LogP contribution is -2.44. The van der Waals surface area contributed by atoms with Crippen molar-refractivity contribution in [2.24, 2.45) is 11.5 Å². The highest BCUT2D eigenvalue weighted by molar-refractivity contribution is 9.11. The number of carbonyl (C=O) groups is 2. The van der Waals surface area contributed by atoms with E-state index in [1.54, 1.807) is 12.1 Å². The quantitative estimate of drug-likeness (QED) is 0.0569. The molecule has 2 amide bonds. The van der Waals surface area contributed by atoms with Crippen LogP contribution < -0.4 is 27.6 Å². The number of fused-ring (bicyclic) bond motifs is 4. The minimum absolute atomic E-state index is 0.0196. The first-order chi connectivity index (χ1) is 47.9. The minimum Gasteiger partial charge on any atom is -0.444 e. The number of rotatable bonds is 11. The molecule has 22 heteroatoms. The van der Waals surface area contributed by atoms with Gasteiger partial charge in [-0.25, -0.2) is 27.2 Å². The second-order valence-corrected chi connectivity index (χ2v) is 34.2. The maximum absolute atomic E-state index is 15.1. The number of hydrogen-bond donors (Lipinski definition) is 4. The van der Waals surface area contributed by atoms with Gasteiger partial charge in [0.1, 0.15) is 34.5 Å². The normalized spacial score (nSPS) is 21.0. The summed E-state index contributed by atoms with van der Waals surface area (Å²) in [5.74, 6) is -1.69. The van der Waals surface area contributed by atoms with E-state index in [1.807, 2.05) is 166 Å². The van der Waals surface area contributed by atoms with Crippen LogP contribution in [-0.2, 0) is 91.8 Å². The third-order valence-electron chi connectivity index (χ3n) is 20.5. The van der Waals surface area contributed by atoms with Crippen molar-refractivity contribution in [2.75, 3.05) is 26.2 Å². The Labute approximate surface area is 641 Å². The fourth-order valence-corrected chi connectivity index (χ4v) is 17.1. The zero-order valence-corrected chi connectivity index (χ0v) is 66.5. The molecule has 13 rings (SSSR count). The van der Waals surface area contributed by atoms with Crippen LogP contribution in [0, 0.1) is 23.3 Å². The van der Waals surface area contributed by atoms with Gasteiger partial charge in [0.05, 0.1) is 31.3 Å². The van der Waals surface area contributed by atoms with Gasteiger partial charge < -0.3 is 40.9 Å². The molecule has 10 nitrogen and oxygen atoms in total. The number of carbonyl (C=O) groups excluding carboxylic acids is 2. The molecule has 8 aromatic rings. The van der Waals surface area contributed by atoms with E-state index in [0.717, 1.165) is 81.3 Å². The highest BCUT2D eigenvalue weighted by Crippen LogP contribution is 2.50. The fraction of sp³-hybridized carbons (Fsp3) is 0.375. The van der Waals surface area contributed by atoms with E-state index in [9.17, 15) is 22.8 Å². The number of halogens is 11. The van der Waals surface area contributed by atoms with Crippen molar-refractivity contribution in [3.63, 3.8) is 0 Å². The average Bonchev–Trinajstić information content (AvgIpc) is 1.22. The van der Waals surface area contributed by atoms with Gasteiger partial charge in [-0.3, -0.25) is 0 Å². The smallest absolute Gasteiger partial charge is 0.444 e. The van der Waals surface area contributed by atoms with Gasteiger partial charge in [0.15, 0.2) is 0 Å². The van der Waals surface area contributed by atoms with Crippen LogP contribution in [0.4, 0.5) is 27.2 Å². The lowest BCUT2D eigenvalue weighted by molar-refractivity contribution is 0.00578. The first kappa shape index (κ1) is 79.1. The van der Waals surface area contributed by atoms with E-state index in [0.29, 0.717) is 70.7 Å². The summed E-state index contributed by atoms with van der Waals surface area (Å²) >= 11 is 34.9. The SMILES string of the molecule is CC(C)(C)OC(=O)NC[C@]1(c2ccccc2)Cc2cc(F)c(Cl)c(B3OC(C)(C)C(C)(C)O3)c2C1.CC(C)(C)OC(=O)NC[C@]1(c2ccccc2)Cc2cc(F)c(Cl)c(Br)c2C1.NC[C@@]1(c2ccccc2)Cc2cc(F)c(Cl)c(Br)c2C1.NC[C@]1(c2ccccc2)Cc2cc(F)c(Cl)c(Br)c2C1. The molecule has 0 aromatic heterocycles. The molecule has 1 aliphatic heterocycles. The molecule has 0 spiro atoms. The van der Waals surface area contributed by atoms with Crippen molar-refractivity contribution in [2.45, 2.75) is 165 Å². The molecule has 6 N–H and O–H groups in total. The van der Waals surface area contributed by atoms with Crippen LogP contribution >= 0.6 is 94.2 Å². The first-order valence-corrected chi connectivity index (χ1v) is 37.7. The van der Waals surface area contributed by atoms with E-state index < -0.39 is 58.8 Å². The molecular formula is C80H84BBr3Cl4F4N4O6. The van der Waals surface area contributed by atoms with Gasteiger partial charge in [0.25, 0.3) is 0 Å². The fourth-order valence-electron chi connectivity index (χ4n) is 14.5. The highest BCUT2D eigenvalue weighted by atomic mass is 79.9. The van der Waals surface area contributed by atoms with Gasteiger partial charge in [-0.1, -0.05) is 168 Å². The summed E-state index contributed by atoms with van der Waals surface area (Å²) in [7, 11) is -0.790. The molecule has 0 bridgehead atoms. The van der Waals surface area contributed by atoms with Crippen LogP contribution in [0.5, 0.6) is 0 Å². The summed E-state index contributed by atoms with van der Waals surface area (Å²) in [5, 5.41) is 6.28. The molecule has 4 atom stereocenters. The third kappa shape index (κ3) is 16.8. The van der Waals surface area contributed by atoms with Gasteiger partial charge in [-0.15, -0.1) is 0 Å². The second-order valence-electron chi connectivity index (χ2n) is 30.3. The summed E-state index contributed by atoms with van der Waals surface area (Å²) < 4.78 is 82.2. The first-order valence-electron chi connectivity index (χ1n) is 33.8. The molecule has 1 fully saturated rings. The second kappa shape index (κ2) is 31.2. The maximum atomic E-state index is 15.1. The van der Waals surface area contributed by atoms with Crippen LogP contribution in [0.2, 0.25) is 20.1 Å². The molecule has 0 radical (unpaired) electrons. The van der Waals surface area contributed by atoms with Gasteiger partial charge in [0, 0.05) is 66.7 Å². The Bertz CT molecular complexity index is 4300. The predicted molar refractivity (Wildman–Crippen MR) is 413 cm³/mol. The van der Waals surface area contributed by atoms with Crippen molar-refractivity contribution in [3.05, 3.63) is 269 Å². The van der Waals surface area contributed by atoms with Crippen molar-refractivity contribution >= 4 is 119 Å². The Balaban J connectivity index is 0.000000150. The van der Waals surface area contributed by atoms with Crippen LogP contribution in [-0.4, -0.2) is 67.9 Å². The molecule has 0 unspecified atom stereocenters. The minimum atomic E-state index is -0.790. The molecule has 5 aliphatic rings. The van der Waals surface area contributed by atoms with Gasteiger partial charge in [-0.05, 0) is 259 Å². The number of nitrogens with two attached hydrogens (primary N) is 2. The summed E-state index contributed by atoms with van der Waals surface area (Å²) in [4.78, 5) is 24.7. The standard InChI is InChI=1S/C27H34BClFNO4.C21H22BrClFNO2.2C16H14BrClFN/c1-24(2,3)33-23(32)31-16-27(18-11-9-8-10-12-18)14-17-13-20(30)22(29)21(19(17)15-27)28-34-25(4,5)26(6,7)35-28;1-20(2,3)27-19(26)25-12-21(14-7-5-4-6-8-14)10-13-9-16(24)18(23)17(22)15(13)11-21;2*17-14-12-8-16(9-20,11-4-2-1-3-5-11)7-10(12)6-13(19)15(14)18/h8-13H,14-16H2,1-7H3,(H,31,32);4-9H,10-12H2,1-3H3,(H,25,26);2*1-6H,7-9,20H2/t27-;21-;2*16-/m0010/s1. The highest BCUT2D eigenvalue weighted by Gasteiger charge is 2.55. The lowest BCUT2D eigenvalue weighted by Gasteiger charge is -2.32. The number of hydrogen-bond acceptors (Lipinski definition) is 8. The Morgan fingerprint density at radius 3 is 0.990 bits per heavy atom. The van der Waals surface area contributed by atoms with Crippen LogP contribution in [0.1, 0.15) is 136 Å². The summed E-state index contributed by atoms with van der Waals surface area (Å²) in [5.41, 5.74) is 21.4. The molecular weight excluding hydrogens is 1580 g/mol. The monoisotopic (exact) mass is 1660 g/mol. The van der Waals surface area contributed by atoms with Crippen molar-refractivity contribution in [1.29, 1.82) is 0 Å². The van der Waals surface area contributed by atoms with Crippen molar-refractivity contribution < 1.29 is 45.9 Å². The Morgan fingerprint density at radius 1 is 0.441 bits per heavy atom. The van der Waals surface area contributed by atoms with Gasteiger partial charge >= 0.3 is 19.3 Å². The summed E-state index contributed by atoms with van der Waals surface area (Å²) in [6.45, 7) is 20.5. The van der Waals surface area contributed by atoms with E-state index in [4.69, 9.17) is 76.7 Å². The van der Waals surface area contributed by atoms with Gasteiger partial charge in [-0.2, -0.15) is 0 Å². The summed E-state index contributed by atoms with van der Waals surface area (Å²) in [6.07, 6.45) is 4.43. The van der Waals surface area contributed by atoms with E-state index in [1.165, 1.54) is 23.3 Å². The van der Waals surface area contributed by atoms with E-state index >= 15 is 4.39 Å². The molecule has 1 heterocycles. The van der Waals surface area contributed by atoms with Crippen molar-refractivity contribution in [3.8, 4) is 0 Å². The Hall–Kier alpha value is -5.48. The molecule has 4 aliphatic carbocycles. The van der Waals surface area contributed by atoms with E-state index in [-0.39, 0.29) is 48.0 Å². The van der Waals surface area contributed by atoms with Gasteiger partial charge in [0.2, 0.25) is 0 Å². The molecule has 102 heavy (non-hydrogen) atoms. The molecule has 540 valence electrons.